The number of ether oxygens (including phenoxy) is 2. The predicted octanol–water partition coefficient (Wildman–Crippen LogP) is 7.59. The fraction of sp³-hybridized carbons (Fsp3) is 0.583. The van der Waals surface area contributed by atoms with Crippen LogP contribution in [0.25, 0.3) is 5.57 Å². The molecule has 5 nitrogen and oxygen atoms in total. The summed E-state index contributed by atoms with van der Waals surface area (Å²) >= 11 is 0. The summed E-state index contributed by atoms with van der Waals surface area (Å²) in [6.07, 6.45) is 10.8. The Kier molecular flexibility index (Phi) is 8.44. The van der Waals surface area contributed by atoms with Crippen LogP contribution >= 0.6 is 0 Å². The van der Waals surface area contributed by atoms with E-state index in [4.69, 9.17) is 9.47 Å². The van der Waals surface area contributed by atoms with Crippen LogP contribution in [0.15, 0.2) is 48.2 Å². The molecule has 2 aromatic carbocycles. The van der Waals surface area contributed by atoms with Crippen molar-refractivity contribution in [1.29, 1.82) is 0 Å². The van der Waals surface area contributed by atoms with Gasteiger partial charge in [-0.15, -0.1) is 0 Å². The van der Waals surface area contributed by atoms with Crippen LogP contribution < -0.4 is 9.47 Å². The predicted molar refractivity (Wildman–Crippen MR) is 165 cm³/mol. The number of esters is 1. The standard InChI is InChI=1S/C36H48N2O3/c1-26(12-10-15-27-13-6-4-7-14-27)29-24-30(40-32(39)16-11-21-37-19-8-5-9-20-37)34-31(25-29)41-36(2,3)35-33(34)28-17-22-38(35)23-18-28/h4,6-7,13-14,24-26,28H,5,8-12,15-23H2,1-3H3. The number of benzene rings is 2. The number of allylic oxidation sites excluding steroid dienone is 1. The van der Waals surface area contributed by atoms with Gasteiger partial charge in [0.05, 0.1) is 11.3 Å². The first kappa shape index (κ1) is 28.3. The van der Waals surface area contributed by atoms with Gasteiger partial charge in [0, 0.05) is 19.5 Å². The number of aryl methyl sites for hydroxylation is 1. The van der Waals surface area contributed by atoms with Crippen molar-refractivity contribution >= 4 is 11.5 Å². The number of likely N-dealkylation sites (tertiary alicyclic amines) is 1. The summed E-state index contributed by atoms with van der Waals surface area (Å²) < 4.78 is 13.1. The first-order valence-electron chi connectivity index (χ1n) is 16.2. The molecule has 5 aliphatic heterocycles. The van der Waals surface area contributed by atoms with Crippen LogP contribution in [-0.2, 0) is 11.2 Å². The number of fused-ring (bicyclic) bond motifs is 3. The second kappa shape index (κ2) is 12.2. The summed E-state index contributed by atoms with van der Waals surface area (Å²) in [4.78, 5) is 18.3. The molecule has 0 aliphatic carbocycles. The molecule has 0 aromatic heterocycles. The van der Waals surface area contributed by atoms with Gasteiger partial charge in [0.1, 0.15) is 17.1 Å². The molecule has 41 heavy (non-hydrogen) atoms. The highest BCUT2D eigenvalue weighted by molar-refractivity contribution is 5.85. The van der Waals surface area contributed by atoms with Gasteiger partial charge in [-0.3, -0.25) is 4.79 Å². The van der Waals surface area contributed by atoms with Gasteiger partial charge in [-0.1, -0.05) is 43.7 Å². The maximum absolute atomic E-state index is 13.3. The number of carbonyl (C=O) groups excluding carboxylic acids is 1. The van der Waals surface area contributed by atoms with Crippen LogP contribution in [0.4, 0.5) is 0 Å². The molecule has 0 amide bonds. The average molecular weight is 557 g/mol. The minimum atomic E-state index is -0.397. The Bertz CT molecular complexity index is 1250. The SMILES string of the molecule is CC(CCCc1ccccc1)c1cc(OC(=O)CCCN2CCCCC2)c2c(c1)OC(C)(C)C1=C2C2CCN1CC2. The average Bonchev–Trinajstić information content (AvgIpc) is 2.98. The molecule has 5 heterocycles. The van der Waals surface area contributed by atoms with Crippen LogP contribution in [0.5, 0.6) is 11.5 Å². The van der Waals surface area contributed by atoms with Crippen molar-refractivity contribution in [3.05, 3.63) is 64.9 Å². The van der Waals surface area contributed by atoms with Crippen LogP contribution in [0, 0.1) is 5.92 Å². The molecule has 1 unspecified atom stereocenters. The number of piperidine rings is 2. The molecule has 2 bridgehead atoms. The molecule has 0 N–H and O–H groups in total. The Hall–Kier alpha value is -2.79. The van der Waals surface area contributed by atoms with Gasteiger partial charge < -0.3 is 19.3 Å². The minimum Gasteiger partial charge on any atom is -0.481 e. The zero-order chi connectivity index (χ0) is 28.4. The Balaban J connectivity index is 1.25. The van der Waals surface area contributed by atoms with E-state index in [-0.39, 0.29) is 5.97 Å². The largest absolute Gasteiger partial charge is 0.481 e. The lowest BCUT2D eigenvalue weighted by Crippen LogP contribution is -2.51. The highest BCUT2D eigenvalue weighted by atomic mass is 16.5. The van der Waals surface area contributed by atoms with Gasteiger partial charge in [-0.25, -0.2) is 0 Å². The van der Waals surface area contributed by atoms with E-state index >= 15 is 0 Å². The summed E-state index contributed by atoms with van der Waals surface area (Å²) in [5, 5.41) is 0. The number of rotatable bonds is 10. The van der Waals surface area contributed by atoms with Crippen LogP contribution in [-0.4, -0.2) is 54.1 Å². The van der Waals surface area contributed by atoms with E-state index in [0.717, 1.165) is 82.6 Å². The van der Waals surface area contributed by atoms with Crippen LogP contribution in [0.3, 0.4) is 0 Å². The molecule has 2 aromatic rings. The molecule has 0 saturated carbocycles. The zero-order valence-corrected chi connectivity index (χ0v) is 25.4. The van der Waals surface area contributed by atoms with Gasteiger partial charge in [0.25, 0.3) is 0 Å². The zero-order valence-electron chi connectivity index (χ0n) is 25.4. The van der Waals surface area contributed by atoms with Crippen LogP contribution in [0.2, 0.25) is 0 Å². The first-order chi connectivity index (χ1) is 19.9. The molecular formula is C36H48N2O3. The lowest BCUT2D eigenvalue weighted by molar-refractivity contribution is -0.134. The van der Waals surface area contributed by atoms with Crippen molar-refractivity contribution in [3.63, 3.8) is 0 Å². The van der Waals surface area contributed by atoms with E-state index in [1.807, 2.05) is 0 Å². The van der Waals surface area contributed by atoms with E-state index in [9.17, 15) is 4.79 Å². The molecule has 0 radical (unpaired) electrons. The fourth-order valence-electron chi connectivity index (χ4n) is 7.65. The third-order valence-corrected chi connectivity index (χ3v) is 9.81. The third-order valence-electron chi connectivity index (χ3n) is 9.81. The van der Waals surface area contributed by atoms with Crippen molar-refractivity contribution in [2.45, 2.75) is 96.5 Å². The summed E-state index contributed by atoms with van der Waals surface area (Å²) in [7, 11) is 0. The van der Waals surface area contributed by atoms with Crippen molar-refractivity contribution in [2.24, 2.45) is 5.92 Å². The third kappa shape index (κ3) is 6.21. The van der Waals surface area contributed by atoms with Gasteiger partial charge in [0.15, 0.2) is 0 Å². The molecule has 5 heteroatoms. The van der Waals surface area contributed by atoms with E-state index < -0.39 is 5.60 Å². The van der Waals surface area contributed by atoms with Crippen molar-refractivity contribution in [1.82, 2.24) is 9.80 Å². The summed E-state index contributed by atoms with van der Waals surface area (Å²) in [6.45, 7) is 12.2. The fourth-order valence-corrected chi connectivity index (χ4v) is 7.65. The monoisotopic (exact) mass is 556 g/mol. The maximum atomic E-state index is 13.3. The molecule has 5 aliphatic rings. The van der Waals surface area contributed by atoms with E-state index in [1.54, 1.807) is 0 Å². The van der Waals surface area contributed by atoms with Crippen molar-refractivity contribution in [2.75, 3.05) is 32.7 Å². The van der Waals surface area contributed by atoms with Crippen LogP contribution in [0.1, 0.15) is 101 Å². The molecule has 2 fully saturated rings. The summed E-state index contributed by atoms with van der Waals surface area (Å²) in [6, 6.07) is 15.1. The molecular weight excluding hydrogens is 508 g/mol. The number of hydrogen-bond acceptors (Lipinski definition) is 5. The van der Waals surface area contributed by atoms with E-state index in [0.29, 0.717) is 24.0 Å². The smallest absolute Gasteiger partial charge is 0.311 e. The number of carbonyl (C=O) groups is 1. The lowest BCUT2D eigenvalue weighted by atomic mass is 9.73. The molecule has 0 spiro atoms. The maximum Gasteiger partial charge on any atom is 0.311 e. The van der Waals surface area contributed by atoms with E-state index in [2.05, 4.69) is 73.0 Å². The van der Waals surface area contributed by atoms with Gasteiger partial charge in [0.2, 0.25) is 0 Å². The summed E-state index contributed by atoms with van der Waals surface area (Å²) in [5.41, 5.74) is 5.90. The highest BCUT2D eigenvalue weighted by Crippen LogP contribution is 2.55. The Morgan fingerprint density at radius 1 is 1.02 bits per heavy atom. The molecule has 2 saturated heterocycles. The van der Waals surface area contributed by atoms with Gasteiger partial charge >= 0.3 is 5.97 Å². The molecule has 7 rings (SSSR count). The second-order valence-corrected chi connectivity index (χ2v) is 13.3. The lowest BCUT2D eigenvalue weighted by Gasteiger charge is -2.51. The minimum absolute atomic E-state index is 0.119. The number of nitrogens with zero attached hydrogens (tertiary/aromatic N) is 2. The van der Waals surface area contributed by atoms with Gasteiger partial charge in [-0.2, -0.15) is 0 Å². The Labute approximate surface area is 246 Å². The molecule has 220 valence electrons. The normalized spacial score (nSPS) is 20.8. The van der Waals surface area contributed by atoms with Crippen molar-refractivity contribution in [3.8, 4) is 11.5 Å². The first-order valence-corrected chi connectivity index (χ1v) is 16.2. The highest BCUT2D eigenvalue weighted by Gasteiger charge is 2.47. The Morgan fingerprint density at radius 3 is 2.54 bits per heavy atom. The van der Waals surface area contributed by atoms with Crippen molar-refractivity contribution < 1.29 is 14.3 Å². The quantitative estimate of drug-likeness (QED) is 0.223. The second-order valence-electron chi connectivity index (χ2n) is 13.3. The van der Waals surface area contributed by atoms with Gasteiger partial charge in [-0.05, 0) is 126 Å². The molecule has 1 atom stereocenters. The number of hydrogen-bond donors (Lipinski definition) is 0. The van der Waals surface area contributed by atoms with E-state index in [1.165, 1.54) is 41.7 Å². The summed E-state index contributed by atoms with van der Waals surface area (Å²) in [5.74, 6) is 2.33. The topological polar surface area (TPSA) is 42.0 Å². The Morgan fingerprint density at radius 2 is 1.78 bits per heavy atom.